The zero-order valence-electron chi connectivity index (χ0n) is 27.1. The standard InChI is InChI=1S/C35H46N6O5/c1-5-22-11-12-27(39-6-2)24(18-22)20-45-32(44)35-31(43)26-10-8-7-9-25(26)30(42)34(35,46-35)15-13-21(3)17-28(41-33(37)38-4)23-14-16-40-29(36)19-23/h7-14,19,22,24,27-28,39-40H,5-6,15-18,20,36H2,1-4H3,(H3,37,38,41). The lowest BCUT2D eigenvalue weighted by Gasteiger charge is -2.32. The van der Waals surface area contributed by atoms with Gasteiger partial charge in [-0.3, -0.25) is 14.6 Å². The van der Waals surface area contributed by atoms with E-state index in [9.17, 15) is 14.4 Å². The quantitative estimate of drug-likeness (QED) is 0.0577. The van der Waals surface area contributed by atoms with Crippen LogP contribution < -0.4 is 27.4 Å². The molecule has 0 saturated carbocycles. The summed E-state index contributed by atoms with van der Waals surface area (Å²) in [5.41, 5.74) is 10.6. The molecule has 6 atom stereocenters. The summed E-state index contributed by atoms with van der Waals surface area (Å²) in [5.74, 6) is -0.508. The van der Waals surface area contributed by atoms with Crippen LogP contribution in [-0.4, -0.2) is 73.5 Å². The Morgan fingerprint density at radius 2 is 1.96 bits per heavy atom. The van der Waals surface area contributed by atoms with Crippen LogP contribution in [0.25, 0.3) is 0 Å². The number of carbonyl (C=O) groups is 3. The number of hydrogen-bond donors (Lipinski definition) is 5. The van der Waals surface area contributed by atoms with Gasteiger partial charge in [0.1, 0.15) is 0 Å². The number of Topliss-reactive ketones (excluding diaryl/α,β-unsaturated/α-hetero) is 2. The second kappa shape index (κ2) is 13.6. The van der Waals surface area contributed by atoms with Gasteiger partial charge in [0.05, 0.1) is 18.5 Å². The van der Waals surface area contributed by atoms with Crippen molar-refractivity contribution in [2.24, 2.45) is 28.3 Å². The first-order valence-corrected chi connectivity index (χ1v) is 16.1. The summed E-state index contributed by atoms with van der Waals surface area (Å²) in [6.45, 7) is 7.56. The molecule has 5 rings (SSSR count). The lowest BCUT2D eigenvalue weighted by atomic mass is 9.72. The fourth-order valence-electron chi connectivity index (χ4n) is 6.85. The van der Waals surface area contributed by atoms with E-state index in [1.54, 1.807) is 31.3 Å². The molecular formula is C35H46N6O5. The number of aliphatic imine (C=N–C) groups is 1. The second-order valence-corrected chi connectivity index (χ2v) is 12.5. The van der Waals surface area contributed by atoms with Gasteiger partial charge in [-0.25, -0.2) is 4.79 Å². The van der Waals surface area contributed by atoms with E-state index < -0.39 is 28.7 Å². The summed E-state index contributed by atoms with van der Waals surface area (Å²) in [7, 11) is 1.60. The van der Waals surface area contributed by atoms with Crippen LogP contribution in [0.2, 0.25) is 0 Å². The first kappa shape index (κ1) is 33.2. The predicted molar refractivity (Wildman–Crippen MR) is 177 cm³/mol. The number of benzene rings is 1. The number of nitrogens with two attached hydrogens (primary N) is 2. The number of nitrogens with zero attached hydrogens (tertiary/aromatic N) is 1. The van der Waals surface area contributed by atoms with Crippen molar-refractivity contribution in [2.75, 3.05) is 26.7 Å². The van der Waals surface area contributed by atoms with Crippen LogP contribution in [0.5, 0.6) is 0 Å². The van der Waals surface area contributed by atoms with Crippen molar-refractivity contribution in [3.05, 3.63) is 82.7 Å². The van der Waals surface area contributed by atoms with Gasteiger partial charge in [-0.15, -0.1) is 0 Å². The van der Waals surface area contributed by atoms with Gasteiger partial charge in [-0.1, -0.05) is 68.0 Å². The van der Waals surface area contributed by atoms with Crippen LogP contribution in [0.3, 0.4) is 0 Å². The minimum Gasteiger partial charge on any atom is -0.463 e. The molecule has 4 aliphatic rings. The number of dihydropyridines is 1. The van der Waals surface area contributed by atoms with Gasteiger partial charge in [0, 0.05) is 43.1 Å². The summed E-state index contributed by atoms with van der Waals surface area (Å²) in [6.07, 6.45) is 12.4. The lowest BCUT2D eigenvalue weighted by molar-refractivity contribution is -0.149. The highest BCUT2D eigenvalue weighted by Crippen LogP contribution is 2.58. The zero-order valence-corrected chi connectivity index (χ0v) is 27.1. The Balaban J connectivity index is 1.40. The fraction of sp³-hybridized carbons (Fsp3) is 0.486. The molecule has 11 heteroatoms. The van der Waals surface area contributed by atoms with Gasteiger partial charge in [0.15, 0.2) is 17.3 Å². The largest absolute Gasteiger partial charge is 0.463 e. The third-order valence-electron chi connectivity index (χ3n) is 9.54. The number of fused-ring (bicyclic) bond motifs is 2. The first-order valence-electron chi connectivity index (χ1n) is 16.1. The van der Waals surface area contributed by atoms with Crippen molar-refractivity contribution in [1.29, 1.82) is 0 Å². The Hall–Kier alpha value is -4.22. The number of rotatable bonds is 12. The minimum atomic E-state index is -2.02. The molecule has 7 N–H and O–H groups in total. The van der Waals surface area contributed by atoms with E-state index in [-0.39, 0.29) is 48.1 Å². The summed E-state index contributed by atoms with van der Waals surface area (Å²) >= 11 is 0. The van der Waals surface area contributed by atoms with Crippen molar-refractivity contribution in [3.63, 3.8) is 0 Å². The van der Waals surface area contributed by atoms with E-state index in [1.165, 1.54) is 0 Å². The SMILES string of the molecule is CCNC1C=CC(CC)CC1COC(=O)C12OC1(CC=C(C)CC(NC(N)=NC)C1=CCNC(N)=C1)C(=O)c1ccccc1C2=O. The van der Waals surface area contributed by atoms with Gasteiger partial charge in [-0.05, 0) is 50.3 Å². The van der Waals surface area contributed by atoms with Gasteiger partial charge in [0.2, 0.25) is 5.78 Å². The molecule has 1 aromatic rings. The first-order chi connectivity index (χ1) is 22.1. The molecule has 1 aromatic carbocycles. The molecule has 2 aliphatic carbocycles. The molecule has 0 aromatic heterocycles. The van der Waals surface area contributed by atoms with Crippen molar-refractivity contribution in [3.8, 4) is 0 Å². The maximum atomic E-state index is 14.0. The highest BCUT2D eigenvalue weighted by atomic mass is 16.7. The maximum Gasteiger partial charge on any atom is 0.350 e. The average molecular weight is 631 g/mol. The Bertz CT molecular complexity index is 1530. The highest BCUT2D eigenvalue weighted by molar-refractivity contribution is 6.32. The molecule has 2 aliphatic heterocycles. The molecule has 246 valence electrons. The van der Waals surface area contributed by atoms with E-state index >= 15 is 0 Å². The summed E-state index contributed by atoms with van der Waals surface area (Å²) in [6, 6.07) is 6.36. The van der Waals surface area contributed by atoms with Crippen LogP contribution in [0.15, 0.2) is 76.6 Å². The number of hydrogen-bond acceptors (Lipinski definition) is 9. The van der Waals surface area contributed by atoms with Crippen LogP contribution in [0.1, 0.15) is 67.2 Å². The van der Waals surface area contributed by atoms with Crippen molar-refractivity contribution in [1.82, 2.24) is 16.0 Å². The molecule has 0 spiro atoms. The Labute approximate surface area is 270 Å². The van der Waals surface area contributed by atoms with Gasteiger partial charge >= 0.3 is 5.97 Å². The van der Waals surface area contributed by atoms with Crippen molar-refractivity contribution < 1.29 is 23.9 Å². The Kier molecular flexibility index (Phi) is 9.83. The van der Waals surface area contributed by atoms with Gasteiger partial charge in [-0.2, -0.15) is 0 Å². The van der Waals surface area contributed by atoms with Crippen LogP contribution in [0, 0.1) is 11.8 Å². The molecule has 2 heterocycles. The number of esters is 1. The number of epoxide rings is 1. The van der Waals surface area contributed by atoms with Crippen molar-refractivity contribution in [2.45, 2.75) is 69.7 Å². The number of carbonyl (C=O) groups excluding carboxylic acids is 3. The molecule has 0 amide bonds. The van der Waals surface area contributed by atoms with E-state index in [1.807, 2.05) is 32.1 Å². The molecule has 6 unspecified atom stereocenters. The Morgan fingerprint density at radius 3 is 2.63 bits per heavy atom. The number of guanidine groups is 1. The van der Waals surface area contributed by atoms with Crippen LogP contribution in [0.4, 0.5) is 0 Å². The van der Waals surface area contributed by atoms with Crippen LogP contribution >= 0.6 is 0 Å². The molecular weight excluding hydrogens is 584 g/mol. The molecule has 0 radical (unpaired) electrons. The van der Waals surface area contributed by atoms with Crippen molar-refractivity contribution >= 4 is 23.5 Å². The smallest absolute Gasteiger partial charge is 0.350 e. The fourth-order valence-corrected chi connectivity index (χ4v) is 6.85. The molecule has 1 saturated heterocycles. The Morgan fingerprint density at radius 1 is 1.22 bits per heavy atom. The molecule has 46 heavy (non-hydrogen) atoms. The molecule has 0 bridgehead atoms. The normalized spacial score (nSPS) is 29.5. The van der Waals surface area contributed by atoms with E-state index in [0.29, 0.717) is 24.7 Å². The third-order valence-corrected chi connectivity index (χ3v) is 9.54. The number of ketones is 2. The topological polar surface area (TPSA) is 173 Å². The summed E-state index contributed by atoms with van der Waals surface area (Å²) < 4.78 is 12.0. The van der Waals surface area contributed by atoms with Gasteiger partial charge < -0.3 is 36.9 Å². The second-order valence-electron chi connectivity index (χ2n) is 12.5. The zero-order chi connectivity index (χ0) is 33.1. The van der Waals surface area contributed by atoms with Crippen LogP contribution in [-0.2, 0) is 14.3 Å². The van der Waals surface area contributed by atoms with Gasteiger partial charge in [0.25, 0.3) is 5.60 Å². The number of nitrogens with one attached hydrogen (secondary N) is 3. The molecule has 1 fully saturated rings. The number of likely N-dealkylation sites (N-methyl/N-ethyl adjacent to an activating group) is 1. The van der Waals surface area contributed by atoms with E-state index in [4.69, 9.17) is 20.9 Å². The number of allylic oxidation sites excluding steroid dienone is 1. The summed E-state index contributed by atoms with van der Waals surface area (Å²) in [5, 5.41) is 9.74. The maximum absolute atomic E-state index is 14.0. The summed E-state index contributed by atoms with van der Waals surface area (Å²) in [4.78, 5) is 46.1. The number of ether oxygens (including phenoxy) is 2. The van der Waals surface area contributed by atoms with E-state index in [2.05, 4.69) is 40.0 Å². The molecule has 11 nitrogen and oxygen atoms in total. The van der Waals surface area contributed by atoms with E-state index in [0.717, 1.165) is 30.5 Å². The minimum absolute atomic E-state index is 0.0274. The lowest BCUT2D eigenvalue weighted by Crippen LogP contribution is -2.51. The average Bonchev–Trinajstić information content (AvgIpc) is 3.77. The monoisotopic (exact) mass is 630 g/mol. The third kappa shape index (κ3) is 6.13. The highest BCUT2D eigenvalue weighted by Gasteiger charge is 2.85. The predicted octanol–water partition coefficient (Wildman–Crippen LogP) is 2.66.